The Bertz CT molecular complexity index is 495. The quantitative estimate of drug-likeness (QED) is 0.768. The van der Waals surface area contributed by atoms with Crippen molar-refractivity contribution in [2.24, 2.45) is 0 Å². The van der Waals surface area contributed by atoms with E-state index in [-0.39, 0.29) is 24.9 Å². The number of imide groups is 1. The van der Waals surface area contributed by atoms with Gasteiger partial charge in [-0.05, 0) is 24.5 Å². The van der Waals surface area contributed by atoms with Crippen molar-refractivity contribution < 1.29 is 9.59 Å². The van der Waals surface area contributed by atoms with Gasteiger partial charge in [-0.1, -0.05) is 18.2 Å². The number of hydrogen-bond acceptors (Lipinski definition) is 4. The molecule has 0 spiro atoms. The maximum atomic E-state index is 11.5. The molecule has 1 aliphatic carbocycles. The third-order valence-electron chi connectivity index (χ3n) is 3.44. The smallest absolute Gasteiger partial charge is 0.246 e. The summed E-state index contributed by atoms with van der Waals surface area (Å²) >= 11 is 0. The van der Waals surface area contributed by atoms with Crippen LogP contribution in [-0.4, -0.2) is 30.9 Å². The zero-order valence-corrected chi connectivity index (χ0v) is 10.7. The molecular weight excluding hydrogens is 242 g/mol. The first-order valence-corrected chi connectivity index (χ1v) is 6.61. The summed E-state index contributed by atoms with van der Waals surface area (Å²) in [5.41, 5.74) is 2.11. The number of carbonyl (C=O) groups is 2. The summed E-state index contributed by atoms with van der Waals surface area (Å²) < 4.78 is 0. The molecule has 0 bridgehead atoms. The average Bonchev–Trinajstić information content (AvgIpc) is 3.19. The highest BCUT2D eigenvalue weighted by molar-refractivity contribution is 6.02. The number of para-hydroxylation sites is 1. The van der Waals surface area contributed by atoms with Gasteiger partial charge in [0.2, 0.25) is 11.8 Å². The fraction of sp³-hybridized carbons (Fsp3) is 0.429. The Morgan fingerprint density at radius 3 is 2.53 bits per heavy atom. The van der Waals surface area contributed by atoms with E-state index in [0.29, 0.717) is 6.04 Å². The van der Waals surface area contributed by atoms with Crippen LogP contribution < -0.4 is 15.5 Å². The maximum Gasteiger partial charge on any atom is 0.246 e. The lowest BCUT2D eigenvalue weighted by Gasteiger charge is -2.29. The van der Waals surface area contributed by atoms with Crippen molar-refractivity contribution in [3.05, 3.63) is 29.8 Å². The zero-order valence-electron chi connectivity index (χ0n) is 10.7. The summed E-state index contributed by atoms with van der Waals surface area (Å²) in [6.07, 6.45) is 2.49. The second-order valence-electron chi connectivity index (χ2n) is 5.11. The van der Waals surface area contributed by atoms with E-state index in [2.05, 4.69) is 10.6 Å². The molecule has 19 heavy (non-hydrogen) atoms. The third kappa shape index (κ3) is 2.93. The molecule has 1 aliphatic heterocycles. The number of anilines is 1. The molecule has 1 saturated carbocycles. The number of nitrogens with one attached hydrogen (secondary N) is 2. The van der Waals surface area contributed by atoms with Gasteiger partial charge in [-0.15, -0.1) is 0 Å². The van der Waals surface area contributed by atoms with E-state index < -0.39 is 0 Å². The van der Waals surface area contributed by atoms with E-state index in [0.717, 1.165) is 17.8 Å². The van der Waals surface area contributed by atoms with Crippen molar-refractivity contribution >= 4 is 17.5 Å². The largest absolute Gasteiger partial charge is 0.353 e. The van der Waals surface area contributed by atoms with Gasteiger partial charge in [0.1, 0.15) is 0 Å². The molecule has 1 saturated heterocycles. The molecule has 100 valence electrons. The molecule has 3 rings (SSSR count). The monoisotopic (exact) mass is 259 g/mol. The Balaban J connectivity index is 1.77. The predicted molar refractivity (Wildman–Crippen MR) is 71.7 cm³/mol. The summed E-state index contributed by atoms with van der Waals surface area (Å²) in [6, 6.07) is 8.57. The minimum absolute atomic E-state index is 0.235. The fourth-order valence-corrected chi connectivity index (χ4v) is 2.32. The average molecular weight is 259 g/mol. The van der Waals surface area contributed by atoms with Crippen LogP contribution in [0.5, 0.6) is 0 Å². The molecule has 1 aromatic carbocycles. The number of rotatable bonds is 4. The van der Waals surface area contributed by atoms with Crippen LogP contribution in [0.1, 0.15) is 18.4 Å². The van der Waals surface area contributed by atoms with Gasteiger partial charge in [-0.2, -0.15) is 0 Å². The van der Waals surface area contributed by atoms with Crippen LogP contribution in [0.25, 0.3) is 0 Å². The molecule has 0 atom stereocenters. The van der Waals surface area contributed by atoms with Crippen LogP contribution in [0.2, 0.25) is 0 Å². The molecule has 2 N–H and O–H groups in total. The second-order valence-corrected chi connectivity index (χ2v) is 5.11. The molecule has 2 aliphatic rings. The normalized spacial score (nSPS) is 19.5. The lowest BCUT2D eigenvalue weighted by Crippen LogP contribution is -2.51. The predicted octanol–water partition coefficient (Wildman–Crippen LogP) is 0.401. The van der Waals surface area contributed by atoms with Crippen LogP contribution >= 0.6 is 0 Å². The minimum atomic E-state index is -0.235. The topological polar surface area (TPSA) is 61.4 Å². The summed E-state index contributed by atoms with van der Waals surface area (Å²) in [4.78, 5) is 24.7. The van der Waals surface area contributed by atoms with E-state index in [1.165, 1.54) is 12.8 Å². The van der Waals surface area contributed by atoms with Crippen molar-refractivity contribution in [1.82, 2.24) is 10.6 Å². The van der Waals surface area contributed by atoms with E-state index in [4.69, 9.17) is 0 Å². The van der Waals surface area contributed by atoms with Crippen LogP contribution in [0.15, 0.2) is 24.3 Å². The van der Waals surface area contributed by atoms with Crippen LogP contribution in [-0.2, 0) is 16.1 Å². The SMILES string of the molecule is O=C1CN(c2ccccc2CNC2CC2)CC(=O)N1. The minimum Gasteiger partial charge on any atom is -0.353 e. The Kier molecular flexibility index (Phi) is 3.21. The lowest BCUT2D eigenvalue weighted by molar-refractivity contribution is -0.130. The van der Waals surface area contributed by atoms with Crippen molar-refractivity contribution in [3.8, 4) is 0 Å². The summed E-state index contributed by atoms with van der Waals surface area (Å²) in [5, 5.41) is 5.79. The molecule has 1 aromatic rings. The standard InChI is InChI=1S/C14H17N3O2/c18-13-8-17(9-14(19)16-13)12-4-2-1-3-10(12)7-15-11-5-6-11/h1-4,11,15H,5-9H2,(H,16,18,19). The van der Waals surface area contributed by atoms with Gasteiger partial charge in [0.15, 0.2) is 0 Å². The summed E-state index contributed by atoms with van der Waals surface area (Å²) in [5.74, 6) is -0.470. The van der Waals surface area contributed by atoms with E-state index in [1.807, 2.05) is 29.2 Å². The lowest BCUT2D eigenvalue weighted by atomic mass is 10.1. The highest BCUT2D eigenvalue weighted by atomic mass is 16.2. The van der Waals surface area contributed by atoms with Gasteiger partial charge in [-0.3, -0.25) is 14.9 Å². The van der Waals surface area contributed by atoms with Crippen molar-refractivity contribution in [2.75, 3.05) is 18.0 Å². The molecule has 5 heteroatoms. The van der Waals surface area contributed by atoms with Gasteiger partial charge in [0.25, 0.3) is 0 Å². The first-order chi connectivity index (χ1) is 9.22. The number of hydrogen-bond donors (Lipinski definition) is 2. The number of piperazine rings is 1. The van der Waals surface area contributed by atoms with E-state index >= 15 is 0 Å². The molecular formula is C14H17N3O2. The maximum absolute atomic E-state index is 11.5. The van der Waals surface area contributed by atoms with Crippen LogP contribution in [0, 0.1) is 0 Å². The molecule has 1 heterocycles. The number of nitrogens with zero attached hydrogens (tertiary/aromatic N) is 1. The first kappa shape index (κ1) is 12.2. The zero-order chi connectivity index (χ0) is 13.2. The molecule has 2 amide bonds. The Hall–Kier alpha value is -1.88. The Morgan fingerprint density at radius 1 is 1.16 bits per heavy atom. The second kappa shape index (κ2) is 5.01. The highest BCUT2D eigenvalue weighted by Gasteiger charge is 2.25. The first-order valence-electron chi connectivity index (χ1n) is 6.61. The van der Waals surface area contributed by atoms with Crippen LogP contribution in [0.4, 0.5) is 5.69 Å². The number of carbonyl (C=O) groups excluding carboxylic acids is 2. The van der Waals surface area contributed by atoms with Gasteiger partial charge in [-0.25, -0.2) is 0 Å². The fourth-order valence-electron chi connectivity index (χ4n) is 2.32. The Morgan fingerprint density at radius 2 is 1.84 bits per heavy atom. The number of amides is 2. The third-order valence-corrected chi connectivity index (χ3v) is 3.44. The van der Waals surface area contributed by atoms with Crippen molar-refractivity contribution in [3.63, 3.8) is 0 Å². The van der Waals surface area contributed by atoms with Gasteiger partial charge >= 0.3 is 0 Å². The molecule has 0 radical (unpaired) electrons. The highest BCUT2D eigenvalue weighted by Crippen LogP contribution is 2.24. The molecule has 5 nitrogen and oxygen atoms in total. The van der Waals surface area contributed by atoms with Crippen molar-refractivity contribution in [2.45, 2.75) is 25.4 Å². The van der Waals surface area contributed by atoms with Crippen molar-refractivity contribution in [1.29, 1.82) is 0 Å². The molecule has 0 aromatic heterocycles. The van der Waals surface area contributed by atoms with Gasteiger partial charge in [0.05, 0.1) is 13.1 Å². The molecule has 0 unspecified atom stereocenters. The summed E-state index contributed by atoms with van der Waals surface area (Å²) in [7, 11) is 0. The van der Waals surface area contributed by atoms with Gasteiger partial charge in [0, 0.05) is 18.3 Å². The van der Waals surface area contributed by atoms with Crippen LogP contribution in [0.3, 0.4) is 0 Å². The van der Waals surface area contributed by atoms with E-state index in [9.17, 15) is 9.59 Å². The summed E-state index contributed by atoms with van der Waals surface area (Å²) in [6.45, 7) is 1.27. The number of benzene rings is 1. The van der Waals surface area contributed by atoms with E-state index in [1.54, 1.807) is 0 Å². The van der Waals surface area contributed by atoms with Gasteiger partial charge < -0.3 is 10.2 Å². The molecule has 2 fully saturated rings. The Labute approximate surface area is 112 Å².